The zero-order valence-corrected chi connectivity index (χ0v) is 18.6. The van der Waals surface area contributed by atoms with Gasteiger partial charge in [-0.3, -0.25) is 0 Å². The predicted octanol–water partition coefficient (Wildman–Crippen LogP) is 6.13. The van der Waals surface area contributed by atoms with Gasteiger partial charge in [-0.2, -0.15) is 4.57 Å². The fraction of sp³-hybridized carbons (Fsp3) is 0.233. The number of hydrogen-bond donors (Lipinski definition) is 0. The van der Waals surface area contributed by atoms with Gasteiger partial charge in [-0.15, -0.1) is 0 Å². The minimum Gasteiger partial charge on any atom is -0.192 e. The molecular formula is C30H28N+. The topological polar surface area (TPSA) is 3.88 Å². The van der Waals surface area contributed by atoms with Gasteiger partial charge in [0.05, 0.1) is 6.42 Å². The van der Waals surface area contributed by atoms with E-state index in [1.807, 2.05) is 0 Å². The summed E-state index contributed by atoms with van der Waals surface area (Å²) in [5.74, 6) is 0. The van der Waals surface area contributed by atoms with Crippen LogP contribution in [0.15, 0.2) is 79.0 Å². The van der Waals surface area contributed by atoms with Crippen molar-refractivity contribution in [1.29, 1.82) is 0 Å². The molecule has 2 aliphatic carbocycles. The SMILES string of the molecule is Cc1ccccc1C(C)(C)[n+]1cccc2c1Cc1cc3c(cc1-2)Cc1ccccc1C3. The van der Waals surface area contributed by atoms with Gasteiger partial charge in [0.25, 0.3) is 0 Å². The summed E-state index contributed by atoms with van der Waals surface area (Å²) in [6, 6.07) is 27.2. The van der Waals surface area contributed by atoms with Crippen molar-refractivity contribution in [2.45, 2.75) is 45.6 Å². The van der Waals surface area contributed by atoms with Gasteiger partial charge < -0.3 is 0 Å². The van der Waals surface area contributed by atoms with E-state index in [2.05, 4.69) is 104 Å². The summed E-state index contributed by atoms with van der Waals surface area (Å²) in [6.07, 6.45) is 5.39. The number of aromatic nitrogens is 1. The molecule has 0 spiro atoms. The first-order valence-electron chi connectivity index (χ1n) is 11.3. The molecule has 3 aromatic carbocycles. The molecule has 0 saturated heterocycles. The molecule has 152 valence electrons. The van der Waals surface area contributed by atoms with Gasteiger partial charge in [0.15, 0.2) is 17.4 Å². The van der Waals surface area contributed by atoms with Crippen LogP contribution in [-0.4, -0.2) is 0 Å². The molecule has 6 rings (SSSR count). The number of nitrogens with zero attached hydrogens (tertiary/aromatic N) is 1. The highest BCUT2D eigenvalue weighted by atomic mass is 15.0. The zero-order chi connectivity index (χ0) is 21.2. The number of pyridine rings is 1. The van der Waals surface area contributed by atoms with E-state index in [1.54, 1.807) is 0 Å². The monoisotopic (exact) mass is 402 g/mol. The molecule has 0 bridgehead atoms. The number of hydrogen-bond acceptors (Lipinski definition) is 0. The van der Waals surface area contributed by atoms with E-state index in [0.717, 1.165) is 19.3 Å². The quantitative estimate of drug-likeness (QED) is 0.307. The summed E-state index contributed by atoms with van der Waals surface area (Å²) < 4.78 is 2.51. The van der Waals surface area contributed by atoms with Crippen LogP contribution in [0.4, 0.5) is 0 Å². The number of fused-ring (bicyclic) bond motifs is 5. The Morgan fingerprint density at radius 2 is 1.32 bits per heavy atom. The highest BCUT2D eigenvalue weighted by Gasteiger charge is 2.38. The van der Waals surface area contributed by atoms with Gasteiger partial charge in [-0.1, -0.05) is 60.7 Å². The van der Waals surface area contributed by atoms with Gasteiger partial charge >= 0.3 is 0 Å². The third kappa shape index (κ3) is 2.80. The molecule has 1 nitrogen and oxygen atoms in total. The maximum absolute atomic E-state index is 2.51. The van der Waals surface area contributed by atoms with E-state index in [0.29, 0.717) is 0 Å². The number of benzene rings is 3. The van der Waals surface area contributed by atoms with Crippen LogP contribution < -0.4 is 4.57 Å². The summed E-state index contributed by atoms with van der Waals surface area (Å²) in [4.78, 5) is 0. The molecular weight excluding hydrogens is 374 g/mol. The van der Waals surface area contributed by atoms with E-state index in [4.69, 9.17) is 0 Å². The summed E-state index contributed by atoms with van der Waals surface area (Å²) in [6.45, 7) is 6.92. The summed E-state index contributed by atoms with van der Waals surface area (Å²) in [7, 11) is 0. The van der Waals surface area contributed by atoms with E-state index in [-0.39, 0.29) is 5.54 Å². The molecule has 31 heavy (non-hydrogen) atoms. The molecule has 0 saturated carbocycles. The summed E-state index contributed by atoms with van der Waals surface area (Å²) in [5, 5.41) is 0. The Morgan fingerprint density at radius 1 is 0.645 bits per heavy atom. The molecule has 0 unspecified atom stereocenters. The predicted molar refractivity (Wildman–Crippen MR) is 127 cm³/mol. The highest BCUT2D eigenvalue weighted by Crippen LogP contribution is 2.40. The lowest BCUT2D eigenvalue weighted by Gasteiger charge is -2.24. The molecule has 0 fully saturated rings. The van der Waals surface area contributed by atoms with Gasteiger partial charge in [0, 0.05) is 31.0 Å². The molecule has 0 N–H and O–H groups in total. The van der Waals surface area contributed by atoms with Crippen LogP contribution in [0.25, 0.3) is 11.1 Å². The molecule has 0 atom stereocenters. The molecule has 1 heterocycles. The second kappa shape index (κ2) is 6.65. The van der Waals surface area contributed by atoms with Crippen LogP contribution >= 0.6 is 0 Å². The van der Waals surface area contributed by atoms with Crippen LogP contribution in [0.3, 0.4) is 0 Å². The molecule has 0 amide bonds. The normalized spacial score (nSPS) is 13.9. The van der Waals surface area contributed by atoms with Gasteiger partial charge in [0.2, 0.25) is 0 Å². The second-order valence-electron chi connectivity index (χ2n) is 9.69. The zero-order valence-electron chi connectivity index (χ0n) is 18.6. The van der Waals surface area contributed by atoms with Crippen LogP contribution in [-0.2, 0) is 24.8 Å². The van der Waals surface area contributed by atoms with Crippen molar-refractivity contribution in [2.24, 2.45) is 0 Å². The molecule has 0 aliphatic heterocycles. The van der Waals surface area contributed by atoms with Crippen molar-refractivity contribution in [3.05, 3.63) is 124 Å². The summed E-state index contributed by atoms with van der Waals surface area (Å²) in [5.41, 5.74) is 14.4. The van der Waals surface area contributed by atoms with E-state index in [9.17, 15) is 0 Å². The van der Waals surface area contributed by atoms with E-state index < -0.39 is 0 Å². The minimum atomic E-state index is -0.103. The first kappa shape index (κ1) is 18.6. The van der Waals surface area contributed by atoms with E-state index in [1.165, 1.54) is 55.8 Å². The smallest absolute Gasteiger partial charge is 0.192 e. The lowest BCUT2D eigenvalue weighted by Crippen LogP contribution is -2.55. The Labute approximate surface area is 185 Å². The number of aryl methyl sites for hydroxylation is 1. The fourth-order valence-electron chi connectivity index (χ4n) is 5.84. The van der Waals surface area contributed by atoms with Crippen LogP contribution in [0.1, 0.15) is 58.5 Å². The maximum Gasteiger partial charge on any atom is 0.194 e. The lowest BCUT2D eigenvalue weighted by atomic mass is 9.84. The highest BCUT2D eigenvalue weighted by molar-refractivity contribution is 5.76. The first-order valence-corrected chi connectivity index (χ1v) is 11.3. The van der Waals surface area contributed by atoms with Crippen molar-refractivity contribution in [3.8, 4) is 11.1 Å². The van der Waals surface area contributed by atoms with Gasteiger partial charge in [-0.25, -0.2) is 0 Å². The third-order valence-corrected chi connectivity index (χ3v) is 7.46. The molecule has 0 radical (unpaired) electrons. The van der Waals surface area contributed by atoms with Gasteiger partial charge in [0.1, 0.15) is 0 Å². The third-order valence-electron chi connectivity index (χ3n) is 7.46. The van der Waals surface area contributed by atoms with Crippen LogP contribution in [0.5, 0.6) is 0 Å². The van der Waals surface area contributed by atoms with Crippen molar-refractivity contribution in [2.75, 3.05) is 0 Å². The molecule has 1 heteroatoms. The Balaban J connectivity index is 1.46. The lowest BCUT2D eigenvalue weighted by molar-refractivity contribution is -0.752. The Morgan fingerprint density at radius 3 is 2.06 bits per heavy atom. The fourth-order valence-corrected chi connectivity index (χ4v) is 5.84. The molecule has 4 aromatic rings. The van der Waals surface area contributed by atoms with Crippen molar-refractivity contribution < 1.29 is 4.57 Å². The Hall–Kier alpha value is -3.19. The first-order chi connectivity index (χ1) is 15.0. The van der Waals surface area contributed by atoms with E-state index >= 15 is 0 Å². The average molecular weight is 403 g/mol. The van der Waals surface area contributed by atoms with Crippen LogP contribution in [0, 0.1) is 6.92 Å². The van der Waals surface area contributed by atoms with Crippen molar-refractivity contribution >= 4 is 0 Å². The maximum atomic E-state index is 2.51. The second-order valence-corrected chi connectivity index (χ2v) is 9.69. The minimum absolute atomic E-state index is 0.103. The average Bonchev–Trinajstić information content (AvgIpc) is 3.13. The Kier molecular flexibility index (Phi) is 3.99. The molecule has 1 aromatic heterocycles. The summed E-state index contributed by atoms with van der Waals surface area (Å²) >= 11 is 0. The van der Waals surface area contributed by atoms with Crippen molar-refractivity contribution in [3.63, 3.8) is 0 Å². The van der Waals surface area contributed by atoms with Gasteiger partial charge in [-0.05, 0) is 64.8 Å². The van der Waals surface area contributed by atoms with Crippen molar-refractivity contribution in [1.82, 2.24) is 0 Å². The number of rotatable bonds is 2. The standard InChI is InChI=1S/C30H28N/c1-20-9-4-7-13-28(20)30(2,3)31-14-8-12-26-27-18-24-16-22-11-6-5-10-21(22)15-23(24)17-25(27)19-29(26)31/h4-14,17-18H,15-16,19H2,1-3H3/q+1. The molecule has 2 aliphatic rings. The Bertz CT molecular complexity index is 1340. The largest absolute Gasteiger partial charge is 0.194 e. The van der Waals surface area contributed by atoms with Crippen LogP contribution in [0.2, 0.25) is 0 Å².